The molecular formula is C14H10N2O3. The molecular weight excluding hydrogens is 244 g/mol. The van der Waals surface area contributed by atoms with Crippen LogP contribution in [0.25, 0.3) is 22.1 Å². The Morgan fingerprint density at radius 2 is 1.53 bits per heavy atom. The van der Waals surface area contributed by atoms with Crippen molar-refractivity contribution < 1.29 is 14.2 Å². The minimum Gasteiger partial charge on any atom is -0.497 e. The van der Waals surface area contributed by atoms with Crippen molar-refractivity contribution in [2.45, 2.75) is 0 Å². The summed E-state index contributed by atoms with van der Waals surface area (Å²) in [4.78, 5) is 9.16. The van der Waals surface area contributed by atoms with Gasteiger partial charge in [-0.1, -0.05) is 0 Å². The molecule has 0 radical (unpaired) electrons. The first-order valence-corrected chi connectivity index (χ1v) is 5.89. The van der Waals surface area contributed by atoms with Gasteiger partial charge < -0.3 is 14.2 Å². The number of rotatable bonds is 1. The van der Waals surface area contributed by atoms with Crippen LogP contribution >= 0.6 is 0 Å². The van der Waals surface area contributed by atoms with E-state index in [0.717, 1.165) is 33.6 Å². The standard InChI is InChI=1S/C14H10N2O3/c1-17-8-2-3-9-10(4-8)16-12-6-14-13(18-7-19-14)5-11(12)15-9/h2-6H,7H2,1H3. The molecule has 0 aliphatic carbocycles. The summed E-state index contributed by atoms with van der Waals surface area (Å²) in [6, 6.07) is 9.34. The summed E-state index contributed by atoms with van der Waals surface area (Å²) in [5.74, 6) is 2.20. The minimum absolute atomic E-state index is 0.249. The van der Waals surface area contributed by atoms with Gasteiger partial charge in [-0.2, -0.15) is 0 Å². The minimum atomic E-state index is 0.249. The van der Waals surface area contributed by atoms with E-state index in [1.165, 1.54) is 0 Å². The third-order valence-electron chi connectivity index (χ3n) is 3.13. The van der Waals surface area contributed by atoms with Gasteiger partial charge in [-0.3, -0.25) is 0 Å². The van der Waals surface area contributed by atoms with E-state index >= 15 is 0 Å². The zero-order valence-corrected chi connectivity index (χ0v) is 10.2. The summed E-state index contributed by atoms with van der Waals surface area (Å²) in [6.07, 6.45) is 0. The van der Waals surface area contributed by atoms with Crippen LogP contribution in [0.1, 0.15) is 0 Å². The highest BCUT2D eigenvalue weighted by Crippen LogP contribution is 2.35. The van der Waals surface area contributed by atoms with Crippen molar-refractivity contribution in [1.82, 2.24) is 9.97 Å². The van der Waals surface area contributed by atoms with Gasteiger partial charge in [0.2, 0.25) is 6.79 Å². The average molecular weight is 254 g/mol. The lowest BCUT2D eigenvalue weighted by molar-refractivity contribution is 0.174. The number of nitrogens with zero attached hydrogens (tertiary/aromatic N) is 2. The SMILES string of the molecule is COc1ccc2nc3cc4c(cc3nc2c1)OCO4. The number of hydrogen-bond acceptors (Lipinski definition) is 5. The molecule has 1 aliphatic rings. The van der Waals surface area contributed by atoms with Gasteiger partial charge >= 0.3 is 0 Å². The second kappa shape index (κ2) is 3.71. The molecule has 1 aliphatic heterocycles. The van der Waals surface area contributed by atoms with Crippen molar-refractivity contribution in [3.05, 3.63) is 30.3 Å². The molecule has 5 nitrogen and oxygen atoms in total. The lowest BCUT2D eigenvalue weighted by Crippen LogP contribution is -1.92. The van der Waals surface area contributed by atoms with Gasteiger partial charge in [0.1, 0.15) is 5.75 Å². The van der Waals surface area contributed by atoms with Crippen LogP contribution in [0, 0.1) is 0 Å². The molecule has 4 rings (SSSR count). The number of methoxy groups -OCH3 is 1. The van der Waals surface area contributed by atoms with Crippen LogP contribution in [-0.4, -0.2) is 23.9 Å². The molecule has 0 saturated carbocycles. The number of hydrogen-bond donors (Lipinski definition) is 0. The van der Waals surface area contributed by atoms with Gasteiger partial charge in [0.05, 0.1) is 29.2 Å². The first-order chi connectivity index (χ1) is 9.33. The smallest absolute Gasteiger partial charge is 0.231 e. The van der Waals surface area contributed by atoms with Gasteiger partial charge in [0.15, 0.2) is 11.5 Å². The van der Waals surface area contributed by atoms with E-state index in [4.69, 9.17) is 14.2 Å². The van der Waals surface area contributed by atoms with Crippen molar-refractivity contribution in [1.29, 1.82) is 0 Å². The summed E-state index contributed by atoms with van der Waals surface area (Å²) < 4.78 is 15.9. The van der Waals surface area contributed by atoms with E-state index in [2.05, 4.69) is 9.97 Å². The lowest BCUT2D eigenvalue weighted by atomic mass is 10.2. The Bertz CT molecular complexity index is 801. The van der Waals surface area contributed by atoms with E-state index in [1.54, 1.807) is 7.11 Å². The highest BCUT2D eigenvalue weighted by molar-refractivity contribution is 5.88. The molecule has 0 unspecified atom stereocenters. The normalized spacial score (nSPS) is 13.1. The highest BCUT2D eigenvalue weighted by atomic mass is 16.7. The van der Waals surface area contributed by atoms with Gasteiger partial charge in [-0.25, -0.2) is 9.97 Å². The maximum atomic E-state index is 5.35. The molecule has 1 aromatic heterocycles. The first kappa shape index (κ1) is 10.4. The Labute approximate surface area is 108 Å². The summed E-state index contributed by atoms with van der Waals surface area (Å²) >= 11 is 0. The summed E-state index contributed by atoms with van der Waals surface area (Å²) in [5.41, 5.74) is 3.20. The lowest BCUT2D eigenvalue weighted by Gasteiger charge is -2.04. The quantitative estimate of drug-likeness (QED) is 0.624. The fourth-order valence-corrected chi connectivity index (χ4v) is 2.17. The molecule has 5 heteroatoms. The predicted molar refractivity (Wildman–Crippen MR) is 69.7 cm³/mol. The van der Waals surface area contributed by atoms with Crippen molar-refractivity contribution in [3.8, 4) is 17.2 Å². The second-order valence-electron chi connectivity index (χ2n) is 4.27. The van der Waals surface area contributed by atoms with Crippen molar-refractivity contribution >= 4 is 22.1 Å². The molecule has 0 spiro atoms. The molecule has 0 fully saturated rings. The first-order valence-electron chi connectivity index (χ1n) is 5.89. The van der Waals surface area contributed by atoms with Gasteiger partial charge in [0, 0.05) is 18.2 Å². The van der Waals surface area contributed by atoms with Crippen LogP contribution in [0.3, 0.4) is 0 Å². The molecule has 0 N–H and O–H groups in total. The van der Waals surface area contributed by atoms with E-state index in [0.29, 0.717) is 5.75 Å². The zero-order valence-electron chi connectivity index (χ0n) is 10.2. The molecule has 0 atom stereocenters. The molecule has 0 bridgehead atoms. The summed E-state index contributed by atoms with van der Waals surface area (Å²) in [7, 11) is 1.63. The Morgan fingerprint density at radius 1 is 0.895 bits per heavy atom. The van der Waals surface area contributed by atoms with Crippen LogP contribution in [0.5, 0.6) is 17.2 Å². The Hall–Kier alpha value is -2.56. The van der Waals surface area contributed by atoms with Crippen LogP contribution in [0.15, 0.2) is 30.3 Å². The van der Waals surface area contributed by atoms with E-state index < -0.39 is 0 Å². The van der Waals surface area contributed by atoms with Crippen LogP contribution in [0.4, 0.5) is 0 Å². The molecule has 2 aromatic carbocycles. The fraction of sp³-hybridized carbons (Fsp3) is 0.143. The van der Waals surface area contributed by atoms with Crippen LogP contribution < -0.4 is 14.2 Å². The fourth-order valence-electron chi connectivity index (χ4n) is 2.17. The Kier molecular flexibility index (Phi) is 2.03. The molecule has 0 amide bonds. The Morgan fingerprint density at radius 3 is 2.21 bits per heavy atom. The van der Waals surface area contributed by atoms with Crippen molar-refractivity contribution in [2.24, 2.45) is 0 Å². The number of ether oxygens (including phenoxy) is 3. The maximum absolute atomic E-state index is 5.35. The monoisotopic (exact) mass is 254 g/mol. The van der Waals surface area contributed by atoms with Gasteiger partial charge in [0.25, 0.3) is 0 Å². The van der Waals surface area contributed by atoms with Crippen molar-refractivity contribution in [3.63, 3.8) is 0 Å². The summed E-state index contributed by atoms with van der Waals surface area (Å²) in [6.45, 7) is 0.249. The second-order valence-corrected chi connectivity index (χ2v) is 4.27. The maximum Gasteiger partial charge on any atom is 0.231 e. The molecule has 3 aromatic rings. The van der Waals surface area contributed by atoms with E-state index in [-0.39, 0.29) is 6.79 Å². The summed E-state index contributed by atoms with van der Waals surface area (Å²) in [5, 5.41) is 0. The van der Waals surface area contributed by atoms with E-state index in [1.807, 2.05) is 30.3 Å². The topological polar surface area (TPSA) is 53.5 Å². The van der Waals surface area contributed by atoms with Gasteiger partial charge in [-0.15, -0.1) is 0 Å². The highest BCUT2D eigenvalue weighted by Gasteiger charge is 2.15. The van der Waals surface area contributed by atoms with Crippen molar-refractivity contribution in [2.75, 3.05) is 13.9 Å². The predicted octanol–water partition coefficient (Wildman–Crippen LogP) is 2.52. The zero-order chi connectivity index (χ0) is 12.8. The third kappa shape index (κ3) is 1.55. The molecule has 19 heavy (non-hydrogen) atoms. The molecule has 94 valence electrons. The molecule has 2 heterocycles. The third-order valence-corrected chi connectivity index (χ3v) is 3.13. The Balaban J connectivity index is 2.02. The van der Waals surface area contributed by atoms with E-state index in [9.17, 15) is 0 Å². The number of benzene rings is 2. The van der Waals surface area contributed by atoms with Crippen LogP contribution in [-0.2, 0) is 0 Å². The largest absolute Gasteiger partial charge is 0.497 e. The van der Waals surface area contributed by atoms with Crippen LogP contribution in [0.2, 0.25) is 0 Å². The number of fused-ring (bicyclic) bond motifs is 3. The molecule has 0 saturated heterocycles. The average Bonchev–Trinajstić information content (AvgIpc) is 2.88. The number of aromatic nitrogens is 2. The van der Waals surface area contributed by atoms with Gasteiger partial charge in [-0.05, 0) is 12.1 Å².